The van der Waals surface area contributed by atoms with Crippen molar-refractivity contribution in [3.8, 4) is 0 Å². The maximum Gasteiger partial charge on any atom is 0.0724 e. The number of unbranched alkanes of at least 4 members (excludes halogenated alkanes) is 1. The molecule has 0 amide bonds. The van der Waals surface area contributed by atoms with Gasteiger partial charge >= 0.3 is 0 Å². The molecule has 0 radical (unpaired) electrons. The average Bonchev–Trinajstić information content (AvgIpc) is 2.39. The van der Waals surface area contributed by atoms with Gasteiger partial charge in [-0.1, -0.05) is 46.0 Å². The Hall–Kier alpha value is -0.0800. The summed E-state index contributed by atoms with van der Waals surface area (Å²) in [5.74, 6) is 0.856. The van der Waals surface area contributed by atoms with E-state index in [9.17, 15) is 0 Å². The van der Waals surface area contributed by atoms with E-state index in [1.165, 1.54) is 57.9 Å². The van der Waals surface area contributed by atoms with E-state index in [1.807, 2.05) is 7.11 Å². The zero-order valence-electron chi connectivity index (χ0n) is 12.0. The first kappa shape index (κ1) is 15.0. The van der Waals surface area contributed by atoms with Gasteiger partial charge in [-0.15, -0.1) is 0 Å². The van der Waals surface area contributed by atoms with Gasteiger partial charge in [0, 0.05) is 13.2 Å². The lowest BCUT2D eigenvalue weighted by atomic mass is 9.91. The Morgan fingerprint density at radius 1 is 1.24 bits per heavy atom. The zero-order valence-corrected chi connectivity index (χ0v) is 12.0. The van der Waals surface area contributed by atoms with Crippen LogP contribution in [0, 0.1) is 5.92 Å². The standard InChI is InChI=1S/C15H31NO/c1-4-6-9-13(5-2)12-16-14-10-7-8-11-15(14)17-3/h13-16H,4-12H2,1-3H3. The molecule has 0 aliphatic heterocycles. The minimum atomic E-state index is 0.451. The molecule has 1 saturated carbocycles. The van der Waals surface area contributed by atoms with Crippen molar-refractivity contribution in [3.63, 3.8) is 0 Å². The van der Waals surface area contributed by atoms with Crippen LogP contribution in [0.25, 0.3) is 0 Å². The molecule has 2 heteroatoms. The summed E-state index contributed by atoms with van der Waals surface area (Å²) in [6.45, 7) is 5.78. The highest BCUT2D eigenvalue weighted by molar-refractivity contribution is 4.82. The summed E-state index contributed by atoms with van der Waals surface area (Å²) in [5, 5.41) is 3.76. The topological polar surface area (TPSA) is 21.3 Å². The van der Waals surface area contributed by atoms with Crippen LogP contribution in [-0.4, -0.2) is 25.8 Å². The third kappa shape index (κ3) is 5.39. The lowest BCUT2D eigenvalue weighted by molar-refractivity contribution is 0.0403. The smallest absolute Gasteiger partial charge is 0.0724 e. The lowest BCUT2D eigenvalue weighted by Gasteiger charge is -2.32. The fraction of sp³-hybridized carbons (Fsp3) is 1.00. The van der Waals surface area contributed by atoms with E-state index >= 15 is 0 Å². The Balaban J connectivity index is 2.26. The van der Waals surface area contributed by atoms with Crippen molar-refractivity contribution in [2.24, 2.45) is 5.92 Å². The molecule has 17 heavy (non-hydrogen) atoms. The number of methoxy groups -OCH3 is 1. The third-order valence-corrected chi connectivity index (χ3v) is 4.22. The van der Waals surface area contributed by atoms with Crippen molar-refractivity contribution in [2.45, 2.75) is 77.4 Å². The molecule has 1 fully saturated rings. The van der Waals surface area contributed by atoms with E-state index in [4.69, 9.17) is 4.74 Å². The molecule has 0 bridgehead atoms. The fourth-order valence-corrected chi connectivity index (χ4v) is 2.87. The molecule has 1 N–H and O–H groups in total. The van der Waals surface area contributed by atoms with Crippen molar-refractivity contribution in [1.82, 2.24) is 5.32 Å². The molecule has 1 rings (SSSR count). The van der Waals surface area contributed by atoms with Crippen LogP contribution in [0.3, 0.4) is 0 Å². The molecule has 2 nitrogen and oxygen atoms in total. The number of ether oxygens (including phenoxy) is 1. The minimum Gasteiger partial charge on any atom is -0.380 e. The Bertz CT molecular complexity index is 184. The van der Waals surface area contributed by atoms with Crippen LogP contribution < -0.4 is 5.32 Å². The number of hydrogen-bond donors (Lipinski definition) is 1. The second kappa shape index (κ2) is 8.93. The first-order valence-electron chi connectivity index (χ1n) is 7.57. The third-order valence-electron chi connectivity index (χ3n) is 4.22. The van der Waals surface area contributed by atoms with Crippen molar-refractivity contribution in [1.29, 1.82) is 0 Å². The number of hydrogen-bond acceptors (Lipinski definition) is 2. The first-order chi connectivity index (χ1) is 8.31. The largest absolute Gasteiger partial charge is 0.380 e. The normalized spacial score (nSPS) is 27.0. The predicted octanol–water partition coefficient (Wildman–Crippen LogP) is 3.75. The lowest BCUT2D eigenvalue weighted by Crippen LogP contribution is -2.44. The van der Waals surface area contributed by atoms with Gasteiger partial charge in [-0.2, -0.15) is 0 Å². The van der Waals surface area contributed by atoms with E-state index in [1.54, 1.807) is 0 Å². The van der Waals surface area contributed by atoms with Crippen LogP contribution in [0.4, 0.5) is 0 Å². The summed E-state index contributed by atoms with van der Waals surface area (Å²) in [7, 11) is 1.86. The molecule has 3 atom stereocenters. The van der Waals surface area contributed by atoms with Gasteiger partial charge < -0.3 is 10.1 Å². The highest BCUT2D eigenvalue weighted by atomic mass is 16.5. The molecule has 0 aromatic heterocycles. The molecule has 0 spiro atoms. The quantitative estimate of drug-likeness (QED) is 0.699. The van der Waals surface area contributed by atoms with Crippen LogP contribution in [0.5, 0.6) is 0 Å². The van der Waals surface area contributed by atoms with Gasteiger partial charge in [0.1, 0.15) is 0 Å². The highest BCUT2D eigenvalue weighted by Crippen LogP contribution is 2.21. The molecule has 102 valence electrons. The maximum atomic E-state index is 5.59. The summed E-state index contributed by atoms with van der Waals surface area (Å²) in [5.41, 5.74) is 0. The van der Waals surface area contributed by atoms with Crippen molar-refractivity contribution < 1.29 is 4.74 Å². The highest BCUT2D eigenvalue weighted by Gasteiger charge is 2.24. The summed E-state index contributed by atoms with van der Waals surface area (Å²) >= 11 is 0. The first-order valence-corrected chi connectivity index (χ1v) is 7.57. The zero-order chi connectivity index (χ0) is 12.5. The van der Waals surface area contributed by atoms with E-state index in [0.29, 0.717) is 12.1 Å². The average molecular weight is 241 g/mol. The van der Waals surface area contributed by atoms with Crippen LogP contribution in [0.1, 0.15) is 65.2 Å². The van der Waals surface area contributed by atoms with Gasteiger partial charge in [-0.25, -0.2) is 0 Å². The van der Waals surface area contributed by atoms with Crippen molar-refractivity contribution in [3.05, 3.63) is 0 Å². The summed E-state index contributed by atoms with van der Waals surface area (Å²) < 4.78 is 5.59. The molecular formula is C15H31NO. The van der Waals surface area contributed by atoms with Gasteiger partial charge in [0.25, 0.3) is 0 Å². The predicted molar refractivity (Wildman–Crippen MR) is 74.4 cm³/mol. The van der Waals surface area contributed by atoms with Crippen LogP contribution in [0.15, 0.2) is 0 Å². The molecule has 1 aliphatic carbocycles. The molecule has 1 aliphatic rings. The van der Waals surface area contributed by atoms with Crippen LogP contribution >= 0.6 is 0 Å². The Labute approximate surface area is 108 Å². The minimum absolute atomic E-state index is 0.451. The SMILES string of the molecule is CCCCC(CC)CNC1CCCCC1OC. The van der Waals surface area contributed by atoms with Gasteiger partial charge in [-0.05, 0) is 31.7 Å². The van der Waals surface area contributed by atoms with Gasteiger partial charge in [-0.3, -0.25) is 0 Å². The molecule has 0 saturated heterocycles. The number of nitrogens with one attached hydrogen (secondary N) is 1. The Morgan fingerprint density at radius 2 is 2.00 bits per heavy atom. The van der Waals surface area contributed by atoms with E-state index < -0.39 is 0 Å². The Morgan fingerprint density at radius 3 is 2.65 bits per heavy atom. The molecule has 0 heterocycles. The van der Waals surface area contributed by atoms with E-state index in [2.05, 4.69) is 19.2 Å². The maximum absolute atomic E-state index is 5.59. The fourth-order valence-electron chi connectivity index (χ4n) is 2.87. The monoisotopic (exact) mass is 241 g/mol. The Kier molecular flexibility index (Phi) is 7.87. The number of rotatable bonds is 8. The summed E-state index contributed by atoms with van der Waals surface area (Å²) in [6, 6.07) is 0.601. The van der Waals surface area contributed by atoms with Crippen molar-refractivity contribution >= 4 is 0 Å². The van der Waals surface area contributed by atoms with E-state index in [0.717, 1.165) is 5.92 Å². The van der Waals surface area contributed by atoms with Gasteiger partial charge in [0.05, 0.1) is 6.10 Å². The summed E-state index contributed by atoms with van der Waals surface area (Å²) in [6.07, 6.45) is 11.1. The molecule has 0 aromatic carbocycles. The van der Waals surface area contributed by atoms with Crippen LogP contribution in [0.2, 0.25) is 0 Å². The van der Waals surface area contributed by atoms with E-state index in [-0.39, 0.29) is 0 Å². The second-order valence-corrected chi connectivity index (χ2v) is 5.49. The van der Waals surface area contributed by atoms with Crippen LogP contribution in [-0.2, 0) is 4.74 Å². The molecule has 3 unspecified atom stereocenters. The van der Waals surface area contributed by atoms with Gasteiger partial charge in [0.2, 0.25) is 0 Å². The second-order valence-electron chi connectivity index (χ2n) is 5.49. The molecule has 0 aromatic rings. The molecular weight excluding hydrogens is 210 g/mol. The van der Waals surface area contributed by atoms with Crippen molar-refractivity contribution in [2.75, 3.05) is 13.7 Å². The summed E-state index contributed by atoms with van der Waals surface area (Å²) in [4.78, 5) is 0. The van der Waals surface area contributed by atoms with Gasteiger partial charge in [0.15, 0.2) is 0 Å².